The van der Waals surface area contributed by atoms with E-state index in [4.69, 9.17) is 4.74 Å². The van der Waals surface area contributed by atoms with Crippen LogP contribution in [0.25, 0.3) is 5.69 Å². The predicted octanol–water partition coefficient (Wildman–Crippen LogP) is 1.39. The molecule has 0 spiro atoms. The summed E-state index contributed by atoms with van der Waals surface area (Å²) in [5.74, 6) is -0.275. The Morgan fingerprint density at radius 2 is 2.16 bits per heavy atom. The SMILES string of the molecule is Fc1ccc(-n2cnnn2)cc1NC1CCOCC1. The molecule has 6 nitrogen and oxygen atoms in total. The van der Waals surface area contributed by atoms with Gasteiger partial charge in [-0.1, -0.05) is 0 Å². The van der Waals surface area contributed by atoms with Crippen molar-refractivity contribution in [3.05, 3.63) is 30.3 Å². The Morgan fingerprint density at radius 1 is 1.32 bits per heavy atom. The van der Waals surface area contributed by atoms with Crippen LogP contribution in [0.5, 0.6) is 0 Å². The van der Waals surface area contributed by atoms with Crippen LogP contribution in [0.1, 0.15) is 12.8 Å². The molecule has 0 saturated carbocycles. The van der Waals surface area contributed by atoms with Crippen molar-refractivity contribution in [3.63, 3.8) is 0 Å². The van der Waals surface area contributed by atoms with Crippen LogP contribution < -0.4 is 5.32 Å². The number of benzene rings is 1. The summed E-state index contributed by atoms with van der Waals surface area (Å²) >= 11 is 0. The number of nitrogens with zero attached hydrogens (tertiary/aromatic N) is 4. The average molecular weight is 263 g/mol. The summed E-state index contributed by atoms with van der Waals surface area (Å²) in [6, 6.07) is 5.01. The number of hydrogen-bond donors (Lipinski definition) is 1. The Balaban J connectivity index is 1.81. The van der Waals surface area contributed by atoms with Crippen molar-refractivity contribution in [1.29, 1.82) is 0 Å². The van der Waals surface area contributed by atoms with Gasteiger partial charge in [-0.05, 0) is 41.5 Å². The molecule has 1 aliphatic heterocycles. The molecule has 1 aromatic heterocycles. The number of hydrogen-bond acceptors (Lipinski definition) is 5. The van der Waals surface area contributed by atoms with Gasteiger partial charge in [-0.25, -0.2) is 9.07 Å². The number of rotatable bonds is 3. The van der Waals surface area contributed by atoms with Gasteiger partial charge < -0.3 is 10.1 Å². The fourth-order valence-electron chi connectivity index (χ4n) is 2.11. The summed E-state index contributed by atoms with van der Waals surface area (Å²) in [5, 5.41) is 14.1. The van der Waals surface area contributed by atoms with E-state index in [1.54, 1.807) is 12.1 Å². The maximum atomic E-state index is 13.8. The molecule has 19 heavy (non-hydrogen) atoms. The first-order valence-electron chi connectivity index (χ1n) is 6.20. The third-order valence-corrected chi connectivity index (χ3v) is 3.14. The minimum atomic E-state index is -0.275. The fraction of sp³-hybridized carbons (Fsp3) is 0.417. The molecule has 1 aromatic carbocycles. The largest absolute Gasteiger partial charge is 0.381 e. The molecule has 0 aliphatic carbocycles. The molecule has 7 heteroatoms. The van der Waals surface area contributed by atoms with E-state index in [0.29, 0.717) is 18.9 Å². The Kier molecular flexibility index (Phi) is 3.37. The molecule has 1 saturated heterocycles. The van der Waals surface area contributed by atoms with E-state index < -0.39 is 0 Å². The number of halogens is 1. The van der Waals surface area contributed by atoms with Gasteiger partial charge in [0.25, 0.3) is 0 Å². The second-order valence-corrected chi connectivity index (χ2v) is 4.45. The minimum Gasteiger partial charge on any atom is -0.381 e. The highest BCUT2D eigenvalue weighted by molar-refractivity contribution is 5.52. The summed E-state index contributed by atoms with van der Waals surface area (Å²) in [6.07, 6.45) is 3.24. The van der Waals surface area contributed by atoms with E-state index in [-0.39, 0.29) is 11.9 Å². The van der Waals surface area contributed by atoms with Gasteiger partial charge in [-0.3, -0.25) is 0 Å². The summed E-state index contributed by atoms with van der Waals surface area (Å²) < 4.78 is 20.6. The van der Waals surface area contributed by atoms with Crippen molar-refractivity contribution >= 4 is 5.69 Å². The summed E-state index contributed by atoms with van der Waals surface area (Å²) in [5.41, 5.74) is 1.20. The zero-order valence-electron chi connectivity index (χ0n) is 10.3. The monoisotopic (exact) mass is 263 g/mol. The minimum absolute atomic E-state index is 0.243. The topological polar surface area (TPSA) is 64.9 Å². The van der Waals surface area contributed by atoms with E-state index in [0.717, 1.165) is 18.5 Å². The van der Waals surface area contributed by atoms with Crippen molar-refractivity contribution in [3.8, 4) is 5.69 Å². The zero-order valence-corrected chi connectivity index (χ0v) is 10.3. The summed E-state index contributed by atoms with van der Waals surface area (Å²) in [7, 11) is 0. The van der Waals surface area contributed by atoms with Crippen LogP contribution in [0.4, 0.5) is 10.1 Å². The van der Waals surface area contributed by atoms with Gasteiger partial charge in [0.05, 0.1) is 11.4 Å². The van der Waals surface area contributed by atoms with E-state index >= 15 is 0 Å². The van der Waals surface area contributed by atoms with Crippen LogP contribution in [0.15, 0.2) is 24.5 Å². The zero-order chi connectivity index (χ0) is 13.1. The van der Waals surface area contributed by atoms with Gasteiger partial charge in [0, 0.05) is 19.3 Å². The van der Waals surface area contributed by atoms with Crippen molar-refractivity contribution in [2.24, 2.45) is 0 Å². The lowest BCUT2D eigenvalue weighted by molar-refractivity contribution is 0.0904. The van der Waals surface area contributed by atoms with Crippen LogP contribution in [0.2, 0.25) is 0 Å². The van der Waals surface area contributed by atoms with Crippen molar-refractivity contribution < 1.29 is 9.13 Å². The highest BCUT2D eigenvalue weighted by atomic mass is 19.1. The second-order valence-electron chi connectivity index (χ2n) is 4.45. The molecule has 0 amide bonds. The molecule has 0 bridgehead atoms. The molecule has 3 rings (SSSR count). The quantitative estimate of drug-likeness (QED) is 0.906. The van der Waals surface area contributed by atoms with Gasteiger partial charge in [0.15, 0.2) is 0 Å². The standard InChI is InChI=1S/C12H14FN5O/c13-11-2-1-10(18-8-14-16-17-18)7-12(11)15-9-3-5-19-6-4-9/h1-2,7-9,15H,3-6H2. The van der Waals surface area contributed by atoms with Gasteiger partial charge in [-0.2, -0.15) is 0 Å². The Hall–Kier alpha value is -2.02. The lowest BCUT2D eigenvalue weighted by atomic mass is 10.1. The summed E-state index contributed by atoms with van der Waals surface area (Å²) in [6.45, 7) is 1.43. The third kappa shape index (κ3) is 2.70. The van der Waals surface area contributed by atoms with E-state index in [2.05, 4.69) is 20.8 Å². The molecule has 2 aromatic rings. The molecule has 1 fully saturated rings. The molecular formula is C12H14FN5O. The smallest absolute Gasteiger partial charge is 0.146 e. The predicted molar refractivity (Wildman–Crippen MR) is 66.6 cm³/mol. The van der Waals surface area contributed by atoms with Gasteiger partial charge in [-0.15, -0.1) is 5.10 Å². The Labute approximate surface area is 109 Å². The Bertz CT molecular complexity index is 539. The van der Waals surface area contributed by atoms with Crippen molar-refractivity contribution in [2.75, 3.05) is 18.5 Å². The highest BCUT2D eigenvalue weighted by Gasteiger charge is 2.15. The number of aromatic nitrogens is 4. The third-order valence-electron chi connectivity index (χ3n) is 3.14. The van der Waals surface area contributed by atoms with Crippen LogP contribution >= 0.6 is 0 Å². The summed E-state index contributed by atoms with van der Waals surface area (Å²) in [4.78, 5) is 0. The molecule has 1 N–H and O–H groups in total. The highest BCUT2D eigenvalue weighted by Crippen LogP contribution is 2.21. The normalized spacial score (nSPS) is 16.5. The van der Waals surface area contributed by atoms with Gasteiger partial charge in [0.2, 0.25) is 0 Å². The molecule has 0 unspecified atom stereocenters. The van der Waals surface area contributed by atoms with Crippen LogP contribution in [0.3, 0.4) is 0 Å². The Morgan fingerprint density at radius 3 is 2.89 bits per heavy atom. The van der Waals surface area contributed by atoms with Crippen LogP contribution in [-0.4, -0.2) is 39.5 Å². The van der Waals surface area contributed by atoms with E-state index in [1.807, 2.05) is 0 Å². The number of ether oxygens (including phenoxy) is 1. The molecule has 0 radical (unpaired) electrons. The fourth-order valence-corrected chi connectivity index (χ4v) is 2.11. The average Bonchev–Trinajstić information content (AvgIpc) is 2.96. The van der Waals surface area contributed by atoms with Crippen LogP contribution in [0, 0.1) is 5.82 Å². The molecule has 0 atom stereocenters. The second kappa shape index (κ2) is 5.31. The molecule has 100 valence electrons. The van der Waals surface area contributed by atoms with Crippen LogP contribution in [-0.2, 0) is 4.74 Å². The van der Waals surface area contributed by atoms with E-state index in [1.165, 1.54) is 17.1 Å². The van der Waals surface area contributed by atoms with E-state index in [9.17, 15) is 4.39 Å². The first-order valence-corrected chi connectivity index (χ1v) is 6.20. The molecule has 1 aliphatic rings. The number of anilines is 1. The molecule has 2 heterocycles. The lowest BCUT2D eigenvalue weighted by Gasteiger charge is -2.24. The van der Waals surface area contributed by atoms with Crippen molar-refractivity contribution in [1.82, 2.24) is 20.2 Å². The first kappa shape index (κ1) is 12.0. The maximum Gasteiger partial charge on any atom is 0.146 e. The maximum absolute atomic E-state index is 13.8. The number of nitrogens with one attached hydrogen (secondary N) is 1. The lowest BCUT2D eigenvalue weighted by Crippen LogP contribution is -2.28. The van der Waals surface area contributed by atoms with Gasteiger partial charge in [0.1, 0.15) is 12.1 Å². The first-order chi connectivity index (χ1) is 9.33. The molecular weight excluding hydrogens is 249 g/mol. The van der Waals surface area contributed by atoms with Crippen molar-refractivity contribution in [2.45, 2.75) is 18.9 Å². The van der Waals surface area contributed by atoms with Gasteiger partial charge >= 0.3 is 0 Å². The number of tetrazole rings is 1.